The number of aromatic nitrogens is 1. The van der Waals surface area contributed by atoms with Gasteiger partial charge in [0, 0.05) is 18.0 Å². The van der Waals surface area contributed by atoms with E-state index in [1.165, 1.54) is 0 Å². The summed E-state index contributed by atoms with van der Waals surface area (Å²) in [6, 6.07) is 7.35. The number of carbonyl (C=O) groups is 1. The summed E-state index contributed by atoms with van der Waals surface area (Å²) in [6.07, 6.45) is 3.56. The highest BCUT2D eigenvalue weighted by Gasteiger charge is 2.26. The fourth-order valence-corrected chi connectivity index (χ4v) is 2.87. The monoisotopic (exact) mass is 303 g/mol. The number of halogens is 1. The molecule has 21 heavy (non-hydrogen) atoms. The van der Waals surface area contributed by atoms with Crippen molar-refractivity contribution in [2.45, 2.75) is 6.54 Å². The van der Waals surface area contributed by atoms with Gasteiger partial charge in [-0.1, -0.05) is 23.7 Å². The summed E-state index contributed by atoms with van der Waals surface area (Å²) in [5, 5.41) is 3.53. The molecule has 0 unspecified atom stereocenters. The molecule has 1 amide bonds. The number of carbonyl (C=O) groups excluding carboxylic acids is 1. The number of rotatable bonds is 3. The molecule has 0 bridgehead atoms. The zero-order valence-corrected chi connectivity index (χ0v) is 12.1. The van der Waals surface area contributed by atoms with E-state index in [0.29, 0.717) is 22.8 Å². The van der Waals surface area contributed by atoms with Crippen molar-refractivity contribution in [1.29, 1.82) is 0 Å². The Labute approximate surface area is 127 Å². The number of ether oxygens (including phenoxy) is 1. The van der Waals surface area contributed by atoms with Crippen LogP contribution < -0.4 is 15.8 Å². The maximum absolute atomic E-state index is 11.9. The Morgan fingerprint density at radius 2 is 2.10 bits per heavy atom. The predicted molar refractivity (Wildman–Crippen MR) is 82.1 cm³/mol. The molecule has 1 aliphatic heterocycles. The van der Waals surface area contributed by atoms with Crippen LogP contribution in [-0.4, -0.2) is 17.6 Å². The highest BCUT2D eigenvalue weighted by atomic mass is 35.5. The van der Waals surface area contributed by atoms with Crippen molar-refractivity contribution in [3.63, 3.8) is 0 Å². The molecule has 0 atom stereocenters. The number of benzene rings is 1. The lowest BCUT2D eigenvalue weighted by atomic mass is 10.0. The van der Waals surface area contributed by atoms with Gasteiger partial charge in [0.15, 0.2) is 0 Å². The number of nitrogens with zero attached hydrogens (tertiary/aromatic N) is 1. The van der Waals surface area contributed by atoms with Crippen molar-refractivity contribution in [1.82, 2.24) is 9.88 Å². The lowest BCUT2D eigenvalue weighted by Crippen LogP contribution is -2.20. The minimum atomic E-state index is -0.492. The molecule has 0 fully saturated rings. The second-order valence-electron chi connectivity index (χ2n) is 4.65. The Balaban J connectivity index is 2.23. The summed E-state index contributed by atoms with van der Waals surface area (Å²) in [5.74, 6) is 0.245. The summed E-state index contributed by atoms with van der Waals surface area (Å²) in [5.41, 5.74) is 8.24. The van der Waals surface area contributed by atoms with Crippen LogP contribution in [0.4, 0.5) is 0 Å². The Morgan fingerprint density at radius 1 is 1.38 bits per heavy atom. The highest BCUT2D eigenvalue weighted by Crippen LogP contribution is 2.37. The van der Waals surface area contributed by atoms with E-state index in [1.807, 2.05) is 24.3 Å². The van der Waals surface area contributed by atoms with Gasteiger partial charge in [0.1, 0.15) is 10.9 Å². The van der Waals surface area contributed by atoms with E-state index in [4.69, 9.17) is 22.1 Å². The third-order valence-electron chi connectivity index (χ3n) is 3.48. The number of hydrogen-bond acceptors (Lipinski definition) is 3. The highest BCUT2D eigenvalue weighted by molar-refractivity contribution is 6.34. The SMILES string of the molecule is COc1ccc(-c2c(C(N)=O)c3n(c2Cl)C=CNC3)cc1. The quantitative estimate of drug-likeness (QED) is 0.915. The number of primary amides is 1. The van der Waals surface area contributed by atoms with Crippen LogP contribution in [0.15, 0.2) is 30.5 Å². The van der Waals surface area contributed by atoms with Gasteiger partial charge >= 0.3 is 0 Å². The van der Waals surface area contributed by atoms with Crippen molar-refractivity contribution in [2.75, 3.05) is 7.11 Å². The minimum absolute atomic E-state index is 0.446. The zero-order chi connectivity index (χ0) is 15.0. The van der Waals surface area contributed by atoms with Gasteiger partial charge in [-0.15, -0.1) is 0 Å². The molecule has 3 N–H and O–H groups in total. The van der Waals surface area contributed by atoms with Crippen LogP contribution in [0.25, 0.3) is 17.3 Å². The topological polar surface area (TPSA) is 69.3 Å². The minimum Gasteiger partial charge on any atom is -0.497 e. The van der Waals surface area contributed by atoms with Crippen molar-refractivity contribution < 1.29 is 9.53 Å². The average molecular weight is 304 g/mol. The van der Waals surface area contributed by atoms with Gasteiger partial charge in [0.2, 0.25) is 0 Å². The summed E-state index contributed by atoms with van der Waals surface area (Å²) in [7, 11) is 1.60. The van der Waals surface area contributed by atoms with Gasteiger partial charge in [0.25, 0.3) is 5.91 Å². The second-order valence-corrected chi connectivity index (χ2v) is 5.00. The number of amides is 1. The van der Waals surface area contributed by atoms with Gasteiger partial charge in [-0.05, 0) is 17.7 Å². The van der Waals surface area contributed by atoms with Crippen LogP contribution in [-0.2, 0) is 6.54 Å². The standard InChI is InChI=1S/C15H14ClN3O2/c1-21-10-4-2-9(3-5-10)12-13(15(17)20)11-8-18-6-7-19(11)14(12)16/h2-7,18H,8H2,1H3,(H2,17,20). The normalized spacial score (nSPS) is 12.7. The first-order chi connectivity index (χ1) is 10.1. The maximum atomic E-state index is 11.9. The maximum Gasteiger partial charge on any atom is 0.251 e. The molecular weight excluding hydrogens is 290 g/mol. The Morgan fingerprint density at radius 3 is 2.71 bits per heavy atom. The number of methoxy groups -OCH3 is 1. The molecule has 1 aliphatic rings. The summed E-state index contributed by atoms with van der Waals surface area (Å²) in [6.45, 7) is 0.505. The summed E-state index contributed by atoms with van der Waals surface area (Å²) < 4.78 is 6.92. The number of nitrogens with two attached hydrogens (primary N) is 1. The van der Waals surface area contributed by atoms with E-state index in [9.17, 15) is 4.79 Å². The van der Waals surface area contributed by atoms with Gasteiger partial charge in [-0.3, -0.25) is 4.79 Å². The summed E-state index contributed by atoms with van der Waals surface area (Å²) >= 11 is 6.44. The largest absolute Gasteiger partial charge is 0.497 e. The van der Waals surface area contributed by atoms with E-state index in [2.05, 4.69) is 5.32 Å². The molecule has 6 heteroatoms. The lowest BCUT2D eigenvalue weighted by molar-refractivity contribution is 0.1000. The molecule has 2 aromatic rings. The smallest absolute Gasteiger partial charge is 0.251 e. The van der Waals surface area contributed by atoms with Crippen LogP contribution in [0.2, 0.25) is 5.15 Å². The third-order valence-corrected chi connectivity index (χ3v) is 3.85. The molecule has 0 aliphatic carbocycles. The summed E-state index contributed by atoms with van der Waals surface area (Å²) in [4.78, 5) is 11.9. The molecule has 1 aromatic carbocycles. The Hall–Kier alpha value is -2.40. The van der Waals surface area contributed by atoms with E-state index in [0.717, 1.165) is 17.0 Å². The number of fused-ring (bicyclic) bond motifs is 1. The van der Waals surface area contributed by atoms with E-state index in [-0.39, 0.29) is 0 Å². The predicted octanol–water partition coefficient (Wildman–Crippen LogP) is 2.45. The van der Waals surface area contributed by atoms with Crippen LogP contribution in [0, 0.1) is 0 Å². The molecule has 0 radical (unpaired) electrons. The molecule has 0 saturated carbocycles. The number of nitrogens with one attached hydrogen (secondary N) is 1. The Bertz CT molecular complexity index is 732. The Kier molecular flexibility index (Phi) is 3.35. The molecule has 1 aromatic heterocycles. The zero-order valence-electron chi connectivity index (χ0n) is 11.4. The van der Waals surface area contributed by atoms with Crippen molar-refractivity contribution in [3.8, 4) is 16.9 Å². The number of hydrogen-bond donors (Lipinski definition) is 2. The molecule has 2 heterocycles. The molecule has 0 spiro atoms. The van der Waals surface area contributed by atoms with Gasteiger partial charge < -0.3 is 20.4 Å². The van der Waals surface area contributed by atoms with E-state index >= 15 is 0 Å². The molecular formula is C15H14ClN3O2. The van der Waals surface area contributed by atoms with Crippen LogP contribution in [0.3, 0.4) is 0 Å². The van der Waals surface area contributed by atoms with Crippen molar-refractivity contribution in [3.05, 3.63) is 46.9 Å². The average Bonchev–Trinajstić information content (AvgIpc) is 2.81. The van der Waals surface area contributed by atoms with Gasteiger partial charge in [-0.2, -0.15) is 0 Å². The van der Waals surface area contributed by atoms with Gasteiger partial charge in [-0.25, -0.2) is 0 Å². The van der Waals surface area contributed by atoms with E-state index < -0.39 is 5.91 Å². The van der Waals surface area contributed by atoms with Crippen LogP contribution in [0.1, 0.15) is 16.1 Å². The van der Waals surface area contributed by atoms with Crippen molar-refractivity contribution in [2.24, 2.45) is 5.73 Å². The van der Waals surface area contributed by atoms with E-state index in [1.54, 1.807) is 24.1 Å². The molecule has 5 nitrogen and oxygen atoms in total. The first-order valence-corrected chi connectivity index (χ1v) is 6.78. The second kappa shape index (κ2) is 5.18. The molecule has 108 valence electrons. The third kappa shape index (κ3) is 2.15. The fourth-order valence-electron chi connectivity index (χ4n) is 2.51. The van der Waals surface area contributed by atoms with Crippen LogP contribution in [0.5, 0.6) is 5.75 Å². The lowest BCUT2D eigenvalue weighted by Gasteiger charge is -2.11. The fraction of sp³-hybridized carbons (Fsp3) is 0.133. The van der Waals surface area contributed by atoms with Gasteiger partial charge in [0.05, 0.1) is 24.9 Å². The first kappa shape index (κ1) is 13.6. The molecule has 3 rings (SSSR count). The van der Waals surface area contributed by atoms with Crippen LogP contribution >= 0.6 is 11.6 Å². The first-order valence-electron chi connectivity index (χ1n) is 6.40. The molecule has 0 saturated heterocycles. The van der Waals surface area contributed by atoms with Crippen molar-refractivity contribution >= 4 is 23.7 Å².